The van der Waals surface area contributed by atoms with Crippen molar-refractivity contribution in [1.29, 1.82) is 0 Å². The molecule has 0 aliphatic heterocycles. The lowest BCUT2D eigenvalue weighted by Gasteiger charge is -2.12. The second kappa shape index (κ2) is 5.28. The van der Waals surface area contributed by atoms with Crippen LogP contribution in [0, 0.1) is 12.8 Å². The number of nitrogens with two attached hydrogens (primary N) is 1. The van der Waals surface area contributed by atoms with Gasteiger partial charge in [0.15, 0.2) is 0 Å². The molecule has 1 aromatic rings. The minimum absolute atomic E-state index is 0.0520. The monoisotopic (exact) mass is 270 g/mol. The standard InChI is InChI=1S/C11H15BrN2O/c1-7-4-3-5-9(10(7)12)14-11(15)8(2)6-13/h3-5,8H,6,13H2,1-2H3,(H,14,15). The summed E-state index contributed by atoms with van der Waals surface area (Å²) in [6.07, 6.45) is 0. The summed E-state index contributed by atoms with van der Waals surface area (Å²) in [4.78, 5) is 11.6. The molecule has 1 amide bonds. The predicted molar refractivity (Wildman–Crippen MR) is 65.7 cm³/mol. The first-order valence-corrected chi connectivity index (χ1v) is 5.61. The molecule has 0 saturated heterocycles. The molecule has 0 bridgehead atoms. The molecule has 0 saturated carbocycles. The van der Waals surface area contributed by atoms with E-state index in [2.05, 4.69) is 21.2 Å². The highest BCUT2D eigenvalue weighted by Gasteiger charge is 2.12. The molecule has 1 atom stereocenters. The van der Waals surface area contributed by atoms with Crippen molar-refractivity contribution >= 4 is 27.5 Å². The highest BCUT2D eigenvalue weighted by Crippen LogP contribution is 2.25. The van der Waals surface area contributed by atoms with E-state index in [0.29, 0.717) is 6.54 Å². The van der Waals surface area contributed by atoms with Crippen LogP contribution in [0.5, 0.6) is 0 Å². The van der Waals surface area contributed by atoms with Crippen LogP contribution in [-0.4, -0.2) is 12.5 Å². The lowest BCUT2D eigenvalue weighted by Crippen LogP contribution is -2.26. The molecule has 3 N–H and O–H groups in total. The van der Waals surface area contributed by atoms with Crippen LogP contribution in [-0.2, 0) is 4.79 Å². The van der Waals surface area contributed by atoms with Gasteiger partial charge in [-0.3, -0.25) is 4.79 Å². The van der Waals surface area contributed by atoms with Crippen LogP contribution in [0.15, 0.2) is 22.7 Å². The van der Waals surface area contributed by atoms with E-state index in [1.54, 1.807) is 6.92 Å². The molecule has 0 heterocycles. The summed E-state index contributed by atoms with van der Waals surface area (Å²) >= 11 is 3.43. The van der Waals surface area contributed by atoms with E-state index in [4.69, 9.17) is 5.73 Å². The lowest BCUT2D eigenvalue weighted by molar-refractivity contribution is -0.119. The van der Waals surface area contributed by atoms with Gasteiger partial charge in [-0.1, -0.05) is 19.1 Å². The van der Waals surface area contributed by atoms with Crippen LogP contribution in [0.2, 0.25) is 0 Å². The Bertz CT molecular complexity index is 366. The third-order valence-corrected chi connectivity index (χ3v) is 3.30. The summed E-state index contributed by atoms with van der Waals surface area (Å²) in [6, 6.07) is 5.74. The third kappa shape index (κ3) is 3.04. The minimum atomic E-state index is -0.169. The van der Waals surface area contributed by atoms with Crippen LogP contribution >= 0.6 is 15.9 Å². The van der Waals surface area contributed by atoms with Crippen molar-refractivity contribution in [1.82, 2.24) is 0 Å². The molecule has 0 aromatic heterocycles. The number of aryl methyl sites for hydroxylation is 1. The fourth-order valence-electron chi connectivity index (χ4n) is 1.11. The molecule has 0 spiro atoms. The number of halogens is 1. The van der Waals surface area contributed by atoms with Gasteiger partial charge in [0.25, 0.3) is 0 Å². The summed E-state index contributed by atoms with van der Waals surface area (Å²) in [5.74, 6) is -0.221. The lowest BCUT2D eigenvalue weighted by atomic mass is 10.1. The molecule has 0 aliphatic rings. The Morgan fingerprint density at radius 3 is 2.87 bits per heavy atom. The molecule has 1 aromatic carbocycles. The smallest absolute Gasteiger partial charge is 0.228 e. The molecule has 82 valence electrons. The van der Waals surface area contributed by atoms with Gasteiger partial charge in [0.2, 0.25) is 5.91 Å². The predicted octanol–water partition coefficient (Wildman–Crippen LogP) is 2.29. The minimum Gasteiger partial charge on any atom is -0.330 e. The maximum Gasteiger partial charge on any atom is 0.228 e. The topological polar surface area (TPSA) is 55.1 Å². The van der Waals surface area contributed by atoms with Crippen LogP contribution in [0.4, 0.5) is 5.69 Å². The first-order chi connectivity index (χ1) is 7.06. The van der Waals surface area contributed by atoms with Gasteiger partial charge in [-0.15, -0.1) is 0 Å². The number of benzene rings is 1. The molecule has 15 heavy (non-hydrogen) atoms. The molecular weight excluding hydrogens is 256 g/mol. The van der Waals surface area contributed by atoms with Crippen molar-refractivity contribution in [3.63, 3.8) is 0 Å². The summed E-state index contributed by atoms with van der Waals surface area (Å²) in [6.45, 7) is 4.14. The van der Waals surface area contributed by atoms with Crippen LogP contribution in [0.25, 0.3) is 0 Å². The largest absolute Gasteiger partial charge is 0.330 e. The van der Waals surface area contributed by atoms with E-state index < -0.39 is 0 Å². The SMILES string of the molecule is Cc1cccc(NC(=O)C(C)CN)c1Br. The Hall–Kier alpha value is -0.870. The zero-order valence-corrected chi connectivity index (χ0v) is 10.5. The molecule has 1 unspecified atom stereocenters. The molecule has 3 nitrogen and oxygen atoms in total. The maximum absolute atomic E-state index is 11.6. The van der Waals surface area contributed by atoms with E-state index >= 15 is 0 Å². The second-order valence-electron chi connectivity index (χ2n) is 3.56. The Kier molecular flexibility index (Phi) is 4.29. The van der Waals surface area contributed by atoms with Crippen LogP contribution in [0.3, 0.4) is 0 Å². The number of nitrogens with one attached hydrogen (secondary N) is 1. The van der Waals surface area contributed by atoms with E-state index in [0.717, 1.165) is 15.7 Å². The quantitative estimate of drug-likeness (QED) is 0.886. The van der Waals surface area contributed by atoms with E-state index in [9.17, 15) is 4.79 Å². The van der Waals surface area contributed by atoms with Gasteiger partial charge in [0, 0.05) is 16.9 Å². The highest BCUT2D eigenvalue weighted by molar-refractivity contribution is 9.10. The fourth-order valence-corrected chi connectivity index (χ4v) is 1.47. The van der Waals surface area contributed by atoms with E-state index in [1.807, 2.05) is 25.1 Å². The van der Waals surface area contributed by atoms with Crippen LogP contribution in [0.1, 0.15) is 12.5 Å². The number of hydrogen-bond acceptors (Lipinski definition) is 2. The van der Waals surface area contributed by atoms with Gasteiger partial charge >= 0.3 is 0 Å². The zero-order chi connectivity index (χ0) is 11.4. The molecule has 0 fully saturated rings. The summed E-state index contributed by atoms with van der Waals surface area (Å²) < 4.78 is 0.919. The molecule has 1 rings (SSSR count). The van der Waals surface area contributed by atoms with E-state index in [-0.39, 0.29) is 11.8 Å². The second-order valence-corrected chi connectivity index (χ2v) is 4.36. The normalized spacial score (nSPS) is 12.3. The number of rotatable bonds is 3. The Labute approximate surface area is 98.2 Å². The number of carbonyl (C=O) groups is 1. The summed E-state index contributed by atoms with van der Waals surface area (Å²) in [5.41, 5.74) is 7.30. The molecule has 0 aliphatic carbocycles. The Balaban J connectivity index is 2.81. The van der Waals surface area contributed by atoms with Crippen molar-refractivity contribution in [2.24, 2.45) is 11.7 Å². The number of amides is 1. The average Bonchev–Trinajstić information content (AvgIpc) is 2.23. The van der Waals surface area contributed by atoms with Gasteiger partial charge in [-0.2, -0.15) is 0 Å². The highest BCUT2D eigenvalue weighted by atomic mass is 79.9. The third-order valence-electron chi connectivity index (χ3n) is 2.25. The van der Waals surface area contributed by atoms with Gasteiger partial charge in [0.05, 0.1) is 5.69 Å². The van der Waals surface area contributed by atoms with Crippen molar-refractivity contribution in [3.05, 3.63) is 28.2 Å². The van der Waals surface area contributed by atoms with E-state index in [1.165, 1.54) is 0 Å². The summed E-state index contributed by atoms with van der Waals surface area (Å²) in [7, 11) is 0. The number of anilines is 1. The van der Waals surface area contributed by atoms with Gasteiger partial charge < -0.3 is 11.1 Å². The van der Waals surface area contributed by atoms with Crippen molar-refractivity contribution in [2.45, 2.75) is 13.8 Å². The fraction of sp³-hybridized carbons (Fsp3) is 0.364. The number of carbonyl (C=O) groups excluding carboxylic acids is 1. The molecule has 0 radical (unpaired) electrons. The van der Waals surface area contributed by atoms with Crippen molar-refractivity contribution in [3.8, 4) is 0 Å². The van der Waals surface area contributed by atoms with Crippen molar-refractivity contribution < 1.29 is 4.79 Å². The maximum atomic E-state index is 11.6. The Morgan fingerprint density at radius 2 is 2.27 bits per heavy atom. The van der Waals surface area contributed by atoms with Gasteiger partial charge in [-0.25, -0.2) is 0 Å². The Morgan fingerprint density at radius 1 is 1.60 bits per heavy atom. The molecule has 4 heteroatoms. The zero-order valence-electron chi connectivity index (χ0n) is 8.88. The van der Waals surface area contributed by atoms with Crippen LogP contribution < -0.4 is 11.1 Å². The number of hydrogen-bond donors (Lipinski definition) is 2. The first kappa shape index (κ1) is 12.2. The van der Waals surface area contributed by atoms with Gasteiger partial charge in [-0.05, 0) is 34.5 Å². The van der Waals surface area contributed by atoms with Gasteiger partial charge in [0.1, 0.15) is 0 Å². The van der Waals surface area contributed by atoms with Crippen molar-refractivity contribution in [2.75, 3.05) is 11.9 Å². The summed E-state index contributed by atoms with van der Waals surface area (Å²) in [5, 5.41) is 2.84. The first-order valence-electron chi connectivity index (χ1n) is 4.82. The molecular formula is C11H15BrN2O. The average molecular weight is 271 g/mol.